The van der Waals surface area contributed by atoms with Gasteiger partial charge < -0.3 is 10.2 Å². The van der Waals surface area contributed by atoms with Gasteiger partial charge in [0.25, 0.3) is 5.91 Å². The van der Waals surface area contributed by atoms with Gasteiger partial charge in [0, 0.05) is 26.3 Å². The molecular weight excluding hydrogens is 226 g/mol. The van der Waals surface area contributed by atoms with Crippen LogP contribution >= 0.6 is 0 Å². The predicted octanol–water partition coefficient (Wildman–Crippen LogP) is 2.63. The first-order valence-corrected chi connectivity index (χ1v) is 6.49. The first-order chi connectivity index (χ1) is 8.56. The minimum Gasteiger partial charge on any atom is -0.383 e. The Kier molecular flexibility index (Phi) is 5.62. The van der Waals surface area contributed by atoms with Crippen LogP contribution in [0.5, 0.6) is 0 Å². The van der Waals surface area contributed by atoms with Crippen LogP contribution in [0.1, 0.15) is 37.6 Å². The van der Waals surface area contributed by atoms with Gasteiger partial charge in [0.1, 0.15) is 0 Å². The number of nitrogens with one attached hydrogen (secondary N) is 1. The summed E-state index contributed by atoms with van der Waals surface area (Å²) >= 11 is 0. The molecule has 1 aromatic heterocycles. The molecule has 1 aromatic rings. The fourth-order valence-electron chi connectivity index (χ4n) is 1.67. The summed E-state index contributed by atoms with van der Waals surface area (Å²) in [7, 11) is 1.85. The van der Waals surface area contributed by atoms with E-state index in [1.165, 1.54) is 0 Å². The van der Waals surface area contributed by atoms with E-state index in [2.05, 4.69) is 24.1 Å². The van der Waals surface area contributed by atoms with Gasteiger partial charge in [0.2, 0.25) is 0 Å². The molecule has 0 spiro atoms. The van der Waals surface area contributed by atoms with Crippen molar-refractivity contribution in [1.82, 2.24) is 9.88 Å². The number of amides is 1. The van der Waals surface area contributed by atoms with Crippen molar-refractivity contribution >= 4 is 11.6 Å². The van der Waals surface area contributed by atoms with Crippen molar-refractivity contribution in [3.8, 4) is 0 Å². The highest BCUT2D eigenvalue weighted by atomic mass is 16.2. The first-order valence-electron chi connectivity index (χ1n) is 6.49. The summed E-state index contributed by atoms with van der Waals surface area (Å²) in [6, 6.07) is 1.77. The number of anilines is 1. The second-order valence-electron chi connectivity index (χ2n) is 4.86. The van der Waals surface area contributed by atoms with E-state index in [-0.39, 0.29) is 5.91 Å². The fourth-order valence-corrected chi connectivity index (χ4v) is 1.67. The van der Waals surface area contributed by atoms with E-state index >= 15 is 0 Å². The molecule has 0 aliphatic rings. The third-order valence-electron chi connectivity index (χ3n) is 2.81. The van der Waals surface area contributed by atoms with Crippen molar-refractivity contribution in [3.63, 3.8) is 0 Å². The standard InChI is InChI=1S/C14H23N3O/c1-5-16-13-10-15-8-6-12(13)14(18)17(4)9-7-11(2)3/h6,8,10-11,16H,5,7,9H2,1-4H3. The smallest absolute Gasteiger partial charge is 0.255 e. The zero-order valence-corrected chi connectivity index (χ0v) is 11.7. The summed E-state index contributed by atoms with van der Waals surface area (Å²) in [5.74, 6) is 0.653. The maximum Gasteiger partial charge on any atom is 0.255 e. The van der Waals surface area contributed by atoms with Gasteiger partial charge in [0.15, 0.2) is 0 Å². The highest BCUT2D eigenvalue weighted by Crippen LogP contribution is 2.15. The molecular formula is C14H23N3O. The van der Waals surface area contributed by atoms with E-state index in [0.717, 1.165) is 25.2 Å². The van der Waals surface area contributed by atoms with Crippen molar-refractivity contribution < 1.29 is 4.79 Å². The highest BCUT2D eigenvalue weighted by molar-refractivity contribution is 5.99. The molecule has 0 atom stereocenters. The zero-order valence-electron chi connectivity index (χ0n) is 11.7. The van der Waals surface area contributed by atoms with E-state index in [1.54, 1.807) is 23.4 Å². The molecule has 0 aromatic carbocycles. The molecule has 0 unspecified atom stereocenters. The van der Waals surface area contributed by atoms with E-state index in [0.29, 0.717) is 11.5 Å². The lowest BCUT2D eigenvalue weighted by atomic mass is 10.1. The summed E-state index contributed by atoms with van der Waals surface area (Å²) in [5.41, 5.74) is 1.50. The molecule has 0 bridgehead atoms. The van der Waals surface area contributed by atoms with Gasteiger partial charge >= 0.3 is 0 Å². The van der Waals surface area contributed by atoms with Gasteiger partial charge in [-0.05, 0) is 25.3 Å². The van der Waals surface area contributed by atoms with E-state index < -0.39 is 0 Å². The Morgan fingerprint density at radius 1 is 1.50 bits per heavy atom. The number of aromatic nitrogens is 1. The Morgan fingerprint density at radius 2 is 2.22 bits per heavy atom. The maximum absolute atomic E-state index is 12.3. The number of carbonyl (C=O) groups excluding carboxylic acids is 1. The maximum atomic E-state index is 12.3. The fraction of sp³-hybridized carbons (Fsp3) is 0.571. The number of carbonyl (C=O) groups is 1. The minimum atomic E-state index is 0.0500. The molecule has 0 fully saturated rings. The molecule has 1 rings (SSSR count). The lowest BCUT2D eigenvalue weighted by Gasteiger charge is -2.20. The Bertz CT molecular complexity index is 390. The largest absolute Gasteiger partial charge is 0.383 e. The topological polar surface area (TPSA) is 45.2 Å². The van der Waals surface area contributed by atoms with Crippen LogP contribution < -0.4 is 5.32 Å². The van der Waals surface area contributed by atoms with Gasteiger partial charge in [-0.15, -0.1) is 0 Å². The van der Waals surface area contributed by atoms with Crippen LogP contribution in [0.2, 0.25) is 0 Å². The van der Waals surface area contributed by atoms with Crippen LogP contribution in [0.3, 0.4) is 0 Å². The number of hydrogen-bond acceptors (Lipinski definition) is 3. The van der Waals surface area contributed by atoms with E-state index in [4.69, 9.17) is 0 Å². The van der Waals surface area contributed by atoms with Crippen LogP contribution in [-0.2, 0) is 0 Å². The Labute approximate surface area is 109 Å². The average Bonchev–Trinajstić information content (AvgIpc) is 2.36. The van der Waals surface area contributed by atoms with Gasteiger partial charge in [-0.1, -0.05) is 13.8 Å². The molecule has 1 heterocycles. The lowest BCUT2D eigenvalue weighted by Crippen LogP contribution is -2.29. The number of nitrogens with zero attached hydrogens (tertiary/aromatic N) is 2. The average molecular weight is 249 g/mol. The second-order valence-corrected chi connectivity index (χ2v) is 4.86. The SMILES string of the molecule is CCNc1cnccc1C(=O)N(C)CCC(C)C. The van der Waals surface area contributed by atoms with E-state index in [9.17, 15) is 4.79 Å². The molecule has 18 heavy (non-hydrogen) atoms. The van der Waals surface area contributed by atoms with Crippen LogP contribution in [0.4, 0.5) is 5.69 Å². The minimum absolute atomic E-state index is 0.0500. The Balaban J connectivity index is 2.76. The van der Waals surface area contributed by atoms with E-state index in [1.807, 2.05) is 14.0 Å². The van der Waals surface area contributed by atoms with Crippen molar-refractivity contribution in [2.24, 2.45) is 5.92 Å². The third-order valence-corrected chi connectivity index (χ3v) is 2.81. The summed E-state index contributed by atoms with van der Waals surface area (Å²) in [4.78, 5) is 18.1. The zero-order chi connectivity index (χ0) is 13.5. The molecule has 100 valence electrons. The summed E-state index contributed by atoms with van der Waals surface area (Å²) < 4.78 is 0. The normalized spacial score (nSPS) is 10.5. The molecule has 1 N–H and O–H groups in total. The van der Waals surface area contributed by atoms with Crippen LogP contribution in [-0.4, -0.2) is 35.9 Å². The van der Waals surface area contributed by atoms with Crippen LogP contribution in [0, 0.1) is 5.92 Å². The quantitative estimate of drug-likeness (QED) is 0.843. The Hall–Kier alpha value is -1.58. The molecule has 0 aliphatic heterocycles. The molecule has 0 aliphatic carbocycles. The van der Waals surface area contributed by atoms with Crippen molar-refractivity contribution in [1.29, 1.82) is 0 Å². The lowest BCUT2D eigenvalue weighted by molar-refractivity contribution is 0.0790. The summed E-state index contributed by atoms with van der Waals surface area (Å²) in [6.45, 7) is 7.89. The second kappa shape index (κ2) is 6.99. The van der Waals surface area contributed by atoms with Crippen molar-refractivity contribution in [2.75, 3.05) is 25.5 Å². The summed E-state index contributed by atoms with van der Waals surface area (Å²) in [5, 5.41) is 3.17. The van der Waals surface area contributed by atoms with Crippen LogP contribution in [0.15, 0.2) is 18.5 Å². The van der Waals surface area contributed by atoms with Crippen molar-refractivity contribution in [3.05, 3.63) is 24.0 Å². The highest BCUT2D eigenvalue weighted by Gasteiger charge is 2.15. The van der Waals surface area contributed by atoms with Gasteiger partial charge in [-0.2, -0.15) is 0 Å². The molecule has 4 nitrogen and oxygen atoms in total. The Morgan fingerprint density at radius 3 is 2.83 bits per heavy atom. The third kappa shape index (κ3) is 4.02. The molecule has 0 radical (unpaired) electrons. The predicted molar refractivity (Wildman–Crippen MR) is 74.8 cm³/mol. The molecule has 0 saturated heterocycles. The summed E-state index contributed by atoms with van der Waals surface area (Å²) in [6.07, 6.45) is 4.38. The van der Waals surface area contributed by atoms with Gasteiger partial charge in [-0.25, -0.2) is 0 Å². The molecule has 1 amide bonds. The van der Waals surface area contributed by atoms with Gasteiger partial charge in [-0.3, -0.25) is 9.78 Å². The number of rotatable bonds is 6. The van der Waals surface area contributed by atoms with Gasteiger partial charge in [0.05, 0.1) is 17.4 Å². The molecule has 4 heteroatoms. The number of hydrogen-bond donors (Lipinski definition) is 1. The number of pyridine rings is 1. The molecule has 0 saturated carbocycles. The van der Waals surface area contributed by atoms with Crippen LogP contribution in [0.25, 0.3) is 0 Å². The first kappa shape index (κ1) is 14.5. The van der Waals surface area contributed by atoms with Crippen molar-refractivity contribution in [2.45, 2.75) is 27.2 Å². The monoisotopic (exact) mass is 249 g/mol.